The highest BCUT2D eigenvalue weighted by Gasteiger charge is 2.37. The number of hydrogen-bond acceptors (Lipinski definition) is 8. The van der Waals surface area contributed by atoms with Crippen molar-refractivity contribution in [3.05, 3.63) is 56.0 Å². The van der Waals surface area contributed by atoms with Gasteiger partial charge in [-0.1, -0.05) is 6.07 Å². The van der Waals surface area contributed by atoms with E-state index >= 15 is 0 Å². The number of benzene rings is 1. The highest BCUT2D eigenvalue weighted by molar-refractivity contribution is 6.08. The Labute approximate surface area is 166 Å². The van der Waals surface area contributed by atoms with Gasteiger partial charge in [-0.05, 0) is 26.0 Å². The minimum absolute atomic E-state index is 0.117. The largest absolute Gasteiger partial charge is 0.618 e. The fourth-order valence-electron chi connectivity index (χ4n) is 3.01. The molecule has 0 saturated carbocycles. The van der Waals surface area contributed by atoms with Crippen LogP contribution in [0.25, 0.3) is 11.1 Å². The summed E-state index contributed by atoms with van der Waals surface area (Å²) >= 11 is 0. The average molecular weight is 404 g/mol. The number of hydrogen-bond donors (Lipinski definition) is 1. The number of para-hydroxylation sites is 1. The Morgan fingerprint density at radius 2 is 1.69 bits per heavy atom. The van der Waals surface area contributed by atoms with E-state index < -0.39 is 34.4 Å². The quantitative estimate of drug-likeness (QED) is 0.263. The van der Waals surface area contributed by atoms with E-state index in [1.54, 1.807) is 13.8 Å². The van der Waals surface area contributed by atoms with Crippen LogP contribution in [0.15, 0.2) is 18.2 Å². The zero-order chi connectivity index (χ0) is 22.0. The minimum atomic E-state index is -0.974. The standard InChI is InChI=1S/C19H20N2O8/c1-9(2)29-19(24)15-11(4)20(25)10(3)14(18(23)28-5)16(15)12-7-6-8-13(22)17(12)21(26)27/h6-9,22H,1-5H3. The van der Waals surface area contributed by atoms with Crippen molar-refractivity contribution < 1.29 is 33.8 Å². The van der Waals surface area contributed by atoms with Crippen molar-refractivity contribution in [3.63, 3.8) is 0 Å². The highest BCUT2D eigenvalue weighted by atomic mass is 16.6. The molecule has 1 aromatic carbocycles. The lowest BCUT2D eigenvalue weighted by molar-refractivity contribution is -0.619. The third-order valence-electron chi connectivity index (χ3n) is 4.24. The van der Waals surface area contributed by atoms with E-state index in [-0.39, 0.29) is 33.6 Å². The second-order valence-corrected chi connectivity index (χ2v) is 6.47. The summed E-state index contributed by atoms with van der Waals surface area (Å²) in [5.74, 6) is -2.58. The average Bonchev–Trinajstić information content (AvgIpc) is 2.63. The highest BCUT2D eigenvalue weighted by Crippen LogP contribution is 2.41. The molecule has 0 amide bonds. The van der Waals surface area contributed by atoms with Crippen molar-refractivity contribution in [2.75, 3.05) is 7.11 Å². The van der Waals surface area contributed by atoms with Crippen LogP contribution in [0.3, 0.4) is 0 Å². The molecule has 0 aliphatic carbocycles. The van der Waals surface area contributed by atoms with Crippen LogP contribution in [-0.4, -0.2) is 35.2 Å². The predicted octanol–water partition coefficient (Wildman–Crippen LogP) is 2.57. The van der Waals surface area contributed by atoms with Crippen molar-refractivity contribution in [2.45, 2.75) is 33.8 Å². The lowest BCUT2D eigenvalue weighted by Gasteiger charge is -2.19. The second kappa shape index (κ2) is 8.13. The number of rotatable bonds is 5. The van der Waals surface area contributed by atoms with Crippen molar-refractivity contribution in [1.29, 1.82) is 0 Å². The predicted molar refractivity (Wildman–Crippen MR) is 101 cm³/mol. The van der Waals surface area contributed by atoms with Gasteiger partial charge in [0.2, 0.25) is 11.4 Å². The number of pyridine rings is 1. The molecule has 0 aliphatic rings. The number of aromatic nitrogens is 1. The number of nitro benzene ring substituents is 1. The van der Waals surface area contributed by atoms with E-state index in [0.717, 1.165) is 13.2 Å². The van der Waals surface area contributed by atoms with Gasteiger partial charge in [0.05, 0.1) is 23.7 Å². The fraction of sp³-hybridized carbons (Fsp3) is 0.316. The van der Waals surface area contributed by atoms with E-state index in [9.17, 15) is 30.0 Å². The molecule has 1 N–H and O–H groups in total. The summed E-state index contributed by atoms with van der Waals surface area (Å²) in [7, 11) is 1.07. The Bertz CT molecular complexity index is 1010. The lowest BCUT2D eigenvalue weighted by Crippen LogP contribution is -2.39. The van der Waals surface area contributed by atoms with E-state index in [1.807, 2.05) is 0 Å². The molecule has 29 heavy (non-hydrogen) atoms. The number of phenols is 1. The van der Waals surface area contributed by atoms with Gasteiger partial charge < -0.3 is 19.8 Å². The summed E-state index contributed by atoms with van der Waals surface area (Å²) in [6.07, 6.45) is -0.558. The number of nitro groups is 1. The molecule has 0 saturated heterocycles. The van der Waals surface area contributed by atoms with Crippen LogP contribution in [0.2, 0.25) is 0 Å². The van der Waals surface area contributed by atoms with Crippen molar-refractivity contribution >= 4 is 17.6 Å². The molecule has 0 radical (unpaired) electrons. The van der Waals surface area contributed by atoms with Gasteiger partial charge in [0.1, 0.15) is 11.1 Å². The molecule has 0 fully saturated rings. The third kappa shape index (κ3) is 3.82. The maximum Gasteiger partial charge on any atom is 0.345 e. The minimum Gasteiger partial charge on any atom is -0.618 e. The Hall–Kier alpha value is -3.69. The van der Waals surface area contributed by atoms with Crippen LogP contribution in [0.5, 0.6) is 5.75 Å². The molecule has 1 heterocycles. The molecule has 0 unspecified atom stereocenters. The van der Waals surface area contributed by atoms with Crippen molar-refractivity contribution in [1.82, 2.24) is 0 Å². The third-order valence-corrected chi connectivity index (χ3v) is 4.24. The zero-order valence-corrected chi connectivity index (χ0v) is 16.5. The van der Waals surface area contributed by atoms with Crippen LogP contribution in [0.4, 0.5) is 5.69 Å². The smallest absolute Gasteiger partial charge is 0.345 e. The van der Waals surface area contributed by atoms with E-state index in [1.165, 1.54) is 26.0 Å². The molecule has 154 valence electrons. The molecule has 0 aliphatic heterocycles. The van der Waals surface area contributed by atoms with Gasteiger partial charge in [-0.25, -0.2) is 9.59 Å². The Morgan fingerprint density at radius 3 is 2.17 bits per heavy atom. The summed E-state index contributed by atoms with van der Waals surface area (Å²) in [4.78, 5) is 36.1. The van der Waals surface area contributed by atoms with Crippen LogP contribution in [-0.2, 0) is 9.47 Å². The van der Waals surface area contributed by atoms with Crippen LogP contribution in [0.1, 0.15) is 46.0 Å². The molecule has 0 bridgehead atoms. The second-order valence-electron chi connectivity index (χ2n) is 6.47. The summed E-state index contributed by atoms with van der Waals surface area (Å²) in [6, 6.07) is 3.68. The van der Waals surface area contributed by atoms with Gasteiger partial charge in [-0.3, -0.25) is 10.1 Å². The van der Waals surface area contributed by atoms with Gasteiger partial charge in [0.15, 0.2) is 5.75 Å². The Morgan fingerprint density at radius 1 is 1.14 bits per heavy atom. The van der Waals surface area contributed by atoms with E-state index in [0.29, 0.717) is 4.73 Å². The van der Waals surface area contributed by atoms with Gasteiger partial charge in [-0.2, -0.15) is 4.73 Å². The van der Waals surface area contributed by atoms with Crippen LogP contribution < -0.4 is 4.73 Å². The summed E-state index contributed by atoms with van der Waals surface area (Å²) in [6.45, 7) is 5.83. The molecule has 2 rings (SSSR count). The molecule has 0 spiro atoms. The molecule has 10 heteroatoms. The normalized spacial score (nSPS) is 10.7. The topological polar surface area (TPSA) is 143 Å². The number of esters is 2. The first-order chi connectivity index (χ1) is 13.5. The SMILES string of the molecule is COC(=O)c1c(-c2cccc(O)c2[N+](=O)[O-])c(C(=O)OC(C)C)c(C)[n+]([O-])c1C. The van der Waals surface area contributed by atoms with Crippen molar-refractivity contribution in [2.24, 2.45) is 0 Å². The number of methoxy groups -OCH3 is 1. The first-order valence-corrected chi connectivity index (χ1v) is 8.55. The molecule has 0 atom stereocenters. The molecule has 1 aromatic heterocycles. The van der Waals surface area contributed by atoms with Crippen molar-refractivity contribution in [3.8, 4) is 16.9 Å². The summed E-state index contributed by atoms with van der Waals surface area (Å²) in [5, 5.41) is 34.3. The molecular formula is C19H20N2O8. The number of aromatic hydroxyl groups is 1. The van der Waals surface area contributed by atoms with E-state index in [2.05, 4.69) is 0 Å². The first-order valence-electron chi connectivity index (χ1n) is 8.55. The Kier molecular flexibility index (Phi) is 6.06. The van der Waals surface area contributed by atoms with Crippen LogP contribution in [0, 0.1) is 29.2 Å². The molecular weight excluding hydrogens is 384 g/mol. The number of nitrogens with zero attached hydrogens (tertiary/aromatic N) is 2. The zero-order valence-electron chi connectivity index (χ0n) is 16.5. The Balaban J connectivity index is 3.11. The van der Waals surface area contributed by atoms with Gasteiger partial charge >= 0.3 is 17.6 Å². The molecule has 10 nitrogen and oxygen atoms in total. The fourth-order valence-corrected chi connectivity index (χ4v) is 3.01. The number of phenolic OH excluding ortho intramolecular Hbond substituents is 1. The van der Waals surface area contributed by atoms with Gasteiger partial charge in [-0.15, -0.1) is 0 Å². The lowest BCUT2D eigenvalue weighted by atomic mass is 9.91. The van der Waals surface area contributed by atoms with Gasteiger partial charge in [0.25, 0.3) is 0 Å². The monoisotopic (exact) mass is 404 g/mol. The number of carbonyl (C=O) groups is 2. The molecule has 2 aromatic rings. The summed E-state index contributed by atoms with van der Waals surface area (Å²) in [5.41, 5.74) is -2.06. The number of ether oxygens (including phenoxy) is 2. The first kappa shape index (κ1) is 21.6. The maximum absolute atomic E-state index is 12.8. The summed E-state index contributed by atoms with van der Waals surface area (Å²) < 4.78 is 10.3. The van der Waals surface area contributed by atoms with E-state index in [4.69, 9.17) is 9.47 Å². The number of carbonyl (C=O) groups excluding carboxylic acids is 2. The van der Waals surface area contributed by atoms with Gasteiger partial charge in [0, 0.05) is 19.4 Å². The van der Waals surface area contributed by atoms with Crippen LogP contribution >= 0.6 is 0 Å². The maximum atomic E-state index is 12.8.